The second-order valence-corrected chi connectivity index (χ2v) is 8.89. The molecule has 32 heavy (non-hydrogen) atoms. The molecule has 0 saturated carbocycles. The lowest BCUT2D eigenvalue weighted by Gasteiger charge is -2.09. The van der Waals surface area contributed by atoms with Gasteiger partial charge in [-0.1, -0.05) is 76.0 Å². The van der Waals surface area contributed by atoms with Crippen LogP contribution in [-0.2, 0) is 23.1 Å². The van der Waals surface area contributed by atoms with Gasteiger partial charge in [-0.05, 0) is 51.0 Å². The quantitative estimate of drug-likeness (QED) is 0.0612. The Balaban J connectivity index is 3.54. The maximum absolute atomic E-state index is 11.6. The average Bonchev–Trinajstić information content (AvgIpc) is 2.77. The molecule has 0 spiro atoms. The van der Waals surface area contributed by atoms with Crippen molar-refractivity contribution >= 4 is 13.8 Å². The zero-order chi connectivity index (χ0) is 23.8. The summed E-state index contributed by atoms with van der Waals surface area (Å²) in [7, 11) is -4.02. The van der Waals surface area contributed by atoms with Gasteiger partial charge >= 0.3 is 13.8 Å². The molecule has 0 rings (SSSR count). The molecule has 0 heterocycles. The number of carbonyl (C=O) groups is 1. The fraction of sp³-hybridized carbons (Fsp3) is 0.640. The van der Waals surface area contributed by atoms with Crippen molar-refractivity contribution in [3.8, 4) is 0 Å². The maximum Gasteiger partial charge on any atom is 0.472 e. The van der Waals surface area contributed by atoms with E-state index in [1.54, 1.807) is 0 Å². The predicted molar refractivity (Wildman–Crippen MR) is 131 cm³/mol. The van der Waals surface area contributed by atoms with Crippen LogP contribution in [0.1, 0.15) is 90.9 Å². The second-order valence-electron chi connectivity index (χ2n) is 7.44. The lowest BCUT2D eigenvalue weighted by molar-refractivity contribution is -0.138. The van der Waals surface area contributed by atoms with Gasteiger partial charge in [0.1, 0.15) is 0 Å². The molecule has 0 saturated heterocycles. The molecule has 6 nitrogen and oxygen atoms in total. The Bertz CT molecular complexity index is 610. The predicted octanol–water partition coefficient (Wildman–Crippen LogP) is 7.57. The first-order valence-electron chi connectivity index (χ1n) is 11.9. The number of carbonyl (C=O) groups excluding carboxylic acids is 1. The van der Waals surface area contributed by atoms with Gasteiger partial charge in [-0.2, -0.15) is 0 Å². The van der Waals surface area contributed by atoms with Crippen molar-refractivity contribution in [2.24, 2.45) is 0 Å². The first-order valence-corrected chi connectivity index (χ1v) is 13.4. The summed E-state index contributed by atoms with van der Waals surface area (Å²) < 4.78 is 25.7. The Labute approximate surface area is 195 Å². The van der Waals surface area contributed by atoms with Crippen LogP contribution >= 0.6 is 7.82 Å². The number of unbranched alkanes of at least 4 members (excludes halogenated alkanes) is 6. The van der Waals surface area contributed by atoms with Gasteiger partial charge < -0.3 is 9.63 Å². The lowest BCUT2D eigenvalue weighted by Crippen LogP contribution is -2.00. The van der Waals surface area contributed by atoms with Crippen molar-refractivity contribution in [3.05, 3.63) is 48.8 Å². The van der Waals surface area contributed by atoms with E-state index < -0.39 is 7.82 Å². The van der Waals surface area contributed by atoms with E-state index in [1.807, 2.05) is 6.92 Å². The highest BCUT2D eigenvalue weighted by Crippen LogP contribution is 2.42. The normalized spacial score (nSPS) is 14.2. The highest BCUT2D eigenvalue weighted by molar-refractivity contribution is 7.47. The van der Waals surface area contributed by atoms with E-state index in [-0.39, 0.29) is 19.2 Å². The highest BCUT2D eigenvalue weighted by atomic mass is 31.2. The Hall–Kier alpha value is -1.46. The van der Waals surface area contributed by atoms with Crippen molar-refractivity contribution in [2.45, 2.75) is 90.9 Å². The zero-order valence-electron chi connectivity index (χ0n) is 20.0. The second kappa shape index (κ2) is 22.7. The van der Waals surface area contributed by atoms with Gasteiger partial charge in [0, 0.05) is 6.42 Å². The maximum atomic E-state index is 11.6. The third-order valence-electron chi connectivity index (χ3n) is 4.36. The van der Waals surface area contributed by atoms with E-state index in [9.17, 15) is 14.3 Å². The molecular formula is C25H43O6P. The standard InChI is InChI=1S/C25H43O6P/c1-3-5-6-7-8-9-10-11-12-13-14-15-16-17-18-19-21-25(26)29-23-20-24-31-32(27,28)30-22-4-2/h7-8,10-11,13-14,20,23H,3-6,9,12,15-19,21-22,24H2,1-2H3,(H,27,28)/b8-7+,11-10+,14-13+,23-20+. The Morgan fingerprint density at radius 1 is 0.781 bits per heavy atom. The molecule has 0 aliphatic heterocycles. The van der Waals surface area contributed by atoms with Crippen LogP contribution in [0.2, 0.25) is 0 Å². The number of phosphoric acid groups is 1. The number of esters is 1. The van der Waals surface area contributed by atoms with Crippen molar-refractivity contribution in [1.82, 2.24) is 0 Å². The van der Waals surface area contributed by atoms with Crippen LogP contribution in [-0.4, -0.2) is 24.1 Å². The van der Waals surface area contributed by atoms with Crippen LogP contribution in [0.25, 0.3) is 0 Å². The summed E-state index contributed by atoms with van der Waals surface area (Å²) in [5, 5.41) is 0. The molecular weight excluding hydrogens is 427 g/mol. The van der Waals surface area contributed by atoms with Crippen molar-refractivity contribution in [3.63, 3.8) is 0 Å². The van der Waals surface area contributed by atoms with Gasteiger partial charge in [-0.3, -0.25) is 13.8 Å². The summed E-state index contributed by atoms with van der Waals surface area (Å²) >= 11 is 0. The number of hydrogen-bond donors (Lipinski definition) is 1. The minimum atomic E-state index is -4.02. The van der Waals surface area contributed by atoms with E-state index >= 15 is 0 Å². The number of phosphoric ester groups is 1. The minimum absolute atomic E-state index is 0.150. The van der Waals surface area contributed by atoms with Crippen LogP contribution in [0.15, 0.2) is 48.8 Å². The molecule has 184 valence electrons. The largest absolute Gasteiger partial charge is 0.472 e. The third kappa shape index (κ3) is 23.2. The molecule has 0 fully saturated rings. The monoisotopic (exact) mass is 470 g/mol. The number of ether oxygens (including phenoxy) is 1. The fourth-order valence-electron chi connectivity index (χ4n) is 2.59. The molecule has 1 N–H and O–H groups in total. The van der Waals surface area contributed by atoms with Gasteiger partial charge in [-0.15, -0.1) is 0 Å². The Morgan fingerprint density at radius 3 is 2.06 bits per heavy atom. The Kier molecular flexibility index (Phi) is 21.7. The average molecular weight is 471 g/mol. The summed E-state index contributed by atoms with van der Waals surface area (Å²) in [6.45, 7) is 4.02. The van der Waals surface area contributed by atoms with Gasteiger partial charge in [0.05, 0.1) is 19.5 Å². The summed E-state index contributed by atoms with van der Waals surface area (Å²) in [5.74, 6) is -0.317. The SMILES string of the molecule is CCCC/C=C/C/C=C/C/C=C/CCCCCCC(=O)O/C=C/COP(=O)(O)OCCC. The van der Waals surface area contributed by atoms with E-state index in [0.717, 1.165) is 44.9 Å². The summed E-state index contributed by atoms with van der Waals surface area (Å²) in [5.41, 5.74) is 0. The fourth-order valence-corrected chi connectivity index (χ4v) is 3.35. The molecule has 0 aromatic heterocycles. The smallest absolute Gasteiger partial charge is 0.435 e. The zero-order valence-corrected chi connectivity index (χ0v) is 20.8. The van der Waals surface area contributed by atoms with Crippen LogP contribution < -0.4 is 0 Å². The lowest BCUT2D eigenvalue weighted by atomic mass is 10.1. The minimum Gasteiger partial charge on any atom is -0.435 e. The van der Waals surface area contributed by atoms with Crippen LogP contribution in [0.4, 0.5) is 0 Å². The van der Waals surface area contributed by atoms with E-state index in [2.05, 4.69) is 47.9 Å². The summed E-state index contributed by atoms with van der Waals surface area (Å²) in [4.78, 5) is 21.0. The number of hydrogen-bond acceptors (Lipinski definition) is 5. The number of rotatable bonds is 21. The molecule has 1 unspecified atom stereocenters. The van der Waals surface area contributed by atoms with E-state index in [1.165, 1.54) is 31.6 Å². The van der Waals surface area contributed by atoms with Crippen molar-refractivity contribution in [2.75, 3.05) is 13.2 Å². The summed E-state index contributed by atoms with van der Waals surface area (Å²) in [6.07, 6.45) is 27.6. The summed E-state index contributed by atoms with van der Waals surface area (Å²) in [6, 6.07) is 0. The third-order valence-corrected chi connectivity index (χ3v) is 5.34. The van der Waals surface area contributed by atoms with Gasteiger partial charge in [0.15, 0.2) is 0 Å². The van der Waals surface area contributed by atoms with Crippen LogP contribution in [0, 0.1) is 0 Å². The van der Waals surface area contributed by atoms with E-state index in [4.69, 9.17) is 9.26 Å². The Morgan fingerprint density at radius 2 is 1.41 bits per heavy atom. The number of allylic oxidation sites excluding steroid dienone is 6. The van der Waals surface area contributed by atoms with Crippen molar-refractivity contribution < 1.29 is 28.0 Å². The molecule has 0 bridgehead atoms. The molecule has 0 aromatic carbocycles. The molecule has 0 aromatic rings. The van der Waals surface area contributed by atoms with Gasteiger partial charge in [0.2, 0.25) is 0 Å². The molecule has 1 atom stereocenters. The molecule has 0 aliphatic carbocycles. The van der Waals surface area contributed by atoms with Gasteiger partial charge in [0.25, 0.3) is 0 Å². The van der Waals surface area contributed by atoms with E-state index in [0.29, 0.717) is 12.8 Å². The first kappa shape index (κ1) is 30.5. The van der Waals surface area contributed by atoms with Crippen molar-refractivity contribution in [1.29, 1.82) is 0 Å². The van der Waals surface area contributed by atoms with Gasteiger partial charge in [-0.25, -0.2) is 4.57 Å². The van der Waals surface area contributed by atoms with Crippen LogP contribution in [0.5, 0.6) is 0 Å². The topological polar surface area (TPSA) is 82.1 Å². The van der Waals surface area contributed by atoms with Crippen LogP contribution in [0.3, 0.4) is 0 Å². The molecule has 7 heteroatoms. The molecule has 0 aliphatic rings. The first-order chi connectivity index (χ1) is 15.5. The molecule has 0 amide bonds. The molecule has 0 radical (unpaired) electrons. The highest BCUT2D eigenvalue weighted by Gasteiger charge is 2.19.